The molecule has 7 nitrogen and oxygen atoms in total. The van der Waals surface area contributed by atoms with E-state index >= 15 is 0 Å². The largest absolute Gasteiger partial charge is 0.323 e. The maximum atomic E-state index is 12.1. The Morgan fingerprint density at radius 1 is 1.29 bits per heavy atom. The summed E-state index contributed by atoms with van der Waals surface area (Å²) in [5, 5.41) is 13.3. The number of carbonyl (C=O) groups is 2. The van der Waals surface area contributed by atoms with Gasteiger partial charge in [-0.2, -0.15) is 5.10 Å². The van der Waals surface area contributed by atoms with Crippen LogP contribution in [-0.4, -0.2) is 45.7 Å². The summed E-state index contributed by atoms with van der Waals surface area (Å²) in [6.45, 7) is 4.56. The van der Waals surface area contributed by atoms with Crippen LogP contribution in [0, 0.1) is 5.92 Å². The Bertz CT molecular complexity index is 793. The first-order chi connectivity index (χ1) is 11.5. The van der Waals surface area contributed by atoms with Gasteiger partial charge in [0, 0.05) is 11.9 Å². The van der Waals surface area contributed by atoms with Crippen LogP contribution in [0.3, 0.4) is 0 Å². The van der Waals surface area contributed by atoms with Gasteiger partial charge in [0.25, 0.3) is 5.91 Å². The lowest BCUT2D eigenvalue weighted by molar-refractivity contribution is -0.125. The summed E-state index contributed by atoms with van der Waals surface area (Å²) in [6, 6.07) is 5.98. The molecule has 4 rings (SSSR count). The molecule has 2 aliphatic heterocycles. The van der Waals surface area contributed by atoms with Crippen molar-refractivity contribution in [1.82, 2.24) is 25.7 Å². The van der Waals surface area contributed by atoms with Gasteiger partial charge in [-0.25, -0.2) is 4.79 Å². The zero-order valence-corrected chi connectivity index (χ0v) is 13.6. The van der Waals surface area contributed by atoms with Gasteiger partial charge < -0.3 is 5.32 Å². The molecule has 3 N–H and O–H groups in total. The third kappa shape index (κ3) is 2.54. The Morgan fingerprint density at radius 2 is 2.08 bits per heavy atom. The summed E-state index contributed by atoms with van der Waals surface area (Å²) >= 11 is 0. The number of nitrogens with one attached hydrogen (secondary N) is 3. The van der Waals surface area contributed by atoms with Crippen LogP contribution < -0.4 is 10.6 Å². The number of carbonyl (C=O) groups excluding carboxylic acids is 2. The number of likely N-dealkylation sites (tertiary alicyclic amines) is 1. The summed E-state index contributed by atoms with van der Waals surface area (Å²) in [6.07, 6.45) is 3.62. The van der Waals surface area contributed by atoms with E-state index in [1.807, 2.05) is 13.1 Å². The fraction of sp³-hybridized carbons (Fsp3) is 0.471. The number of piperidine rings is 1. The number of hydrogen-bond donors (Lipinski definition) is 3. The van der Waals surface area contributed by atoms with Crippen molar-refractivity contribution in [3.05, 3.63) is 30.0 Å². The highest BCUT2D eigenvalue weighted by atomic mass is 16.2. The average Bonchev–Trinajstić information content (AvgIpc) is 3.12. The van der Waals surface area contributed by atoms with Crippen LogP contribution >= 0.6 is 0 Å². The van der Waals surface area contributed by atoms with E-state index in [0.717, 1.165) is 43.4 Å². The maximum Gasteiger partial charge on any atom is 0.322 e. The van der Waals surface area contributed by atoms with E-state index in [4.69, 9.17) is 0 Å². The number of benzene rings is 1. The standard InChI is InChI=1S/C17H21N5O2/c1-17(15(23)19-16(24)20-17)13-4-6-22(7-5-13)10-11-2-3-12-9-18-21-14(12)8-11/h2-3,8-9,13H,4-7,10H2,1H3,(H,18,21)(H2,19,20,23,24). The molecule has 1 aromatic heterocycles. The van der Waals surface area contributed by atoms with Gasteiger partial charge in [-0.05, 0) is 50.4 Å². The van der Waals surface area contributed by atoms with Crippen LogP contribution in [-0.2, 0) is 11.3 Å². The van der Waals surface area contributed by atoms with Gasteiger partial charge in [0.1, 0.15) is 5.54 Å². The molecular weight excluding hydrogens is 306 g/mol. The average molecular weight is 327 g/mol. The van der Waals surface area contributed by atoms with Crippen molar-refractivity contribution in [3.8, 4) is 0 Å². The molecule has 0 saturated carbocycles. The van der Waals surface area contributed by atoms with Crippen LogP contribution in [0.15, 0.2) is 24.4 Å². The topological polar surface area (TPSA) is 90.1 Å². The second-order valence-electron chi connectivity index (χ2n) is 6.95. The van der Waals surface area contributed by atoms with E-state index < -0.39 is 5.54 Å². The van der Waals surface area contributed by atoms with Crippen LogP contribution in [0.4, 0.5) is 4.79 Å². The minimum absolute atomic E-state index is 0.176. The first-order valence-electron chi connectivity index (χ1n) is 8.32. The number of urea groups is 1. The number of imide groups is 1. The highest BCUT2D eigenvalue weighted by molar-refractivity contribution is 6.06. The molecular formula is C17H21N5O2. The quantitative estimate of drug-likeness (QED) is 0.743. The smallest absolute Gasteiger partial charge is 0.322 e. The van der Waals surface area contributed by atoms with Crippen molar-refractivity contribution < 1.29 is 9.59 Å². The summed E-state index contributed by atoms with van der Waals surface area (Å²) in [5.74, 6) is -0.0223. The molecule has 7 heteroatoms. The van der Waals surface area contributed by atoms with Crippen molar-refractivity contribution in [2.75, 3.05) is 13.1 Å². The van der Waals surface area contributed by atoms with Gasteiger partial charge in [-0.1, -0.05) is 12.1 Å². The lowest BCUT2D eigenvalue weighted by Gasteiger charge is -2.38. The van der Waals surface area contributed by atoms with Gasteiger partial charge >= 0.3 is 6.03 Å². The van der Waals surface area contributed by atoms with Gasteiger partial charge in [0.05, 0.1) is 11.7 Å². The number of aromatic nitrogens is 2. The fourth-order valence-electron chi connectivity index (χ4n) is 3.85. The minimum atomic E-state index is -0.766. The number of H-pyrrole nitrogens is 1. The summed E-state index contributed by atoms with van der Waals surface area (Å²) in [7, 11) is 0. The maximum absolute atomic E-state index is 12.1. The highest BCUT2D eigenvalue weighted by Crippen LogP contribution is 2.31. The van der Waals surface area contributed by atoms with Crippen LogP contribution in [0.5, 0.6) is 0 Å². The second-order valence-corrected chi connectivity index (χ2v) is 6.95. The summed E-state index contributed by atoms with van der Waals surface area (Å²) in [4.78, 5) is 25.9. The number of aromatic amines is 1. The monoisotopic (exact) mass is 327 g/mol. The van der Waals surface area contributed by atoms with Crippen molar-refractivity contribution in [2.45, 2.75) is 31.8 Å². The van der Waals surface area contributed by atoms with E-state index in [2.05, 4.69) is 43.9 Å². The van der Waals surface area contributed by atoms with Crippen molar-refractivity contribution in [1.29, 1.82) is 0 Å². The number of amides is 3. The lowest BCUT2D eigenvalue weighted by Crippen LogP contribution is -2.53. The first kappa shape index (κ1) is 15.1. The second kappa shape index (κ2) is 5.59. The van der Waals surface area contributed by atoms with Crippen molar-refractivity contribution >= 4 is 22.8 Å². The van der Waals surface area contributed by atoms with Gasteiger partial charge in [-0.15, -0.1) is 0 Å². The molecule has 1 unspecified atom stereocenters. The highest BCUT2D eigenvalue weighted by Gasteiger charge is 2.48. The third-order valence-corrected chi connectivity index (χ3v) is 5.39. The molecule has 1 aromatic carbocycles. The molecule has 2 fully saturated rings. The lowest BCUT2D eigenvalue weighted by atomic mass is 9.79. The SMILES string of the molecule is CC1(C2CCN(Cc3ccc4cn[nH]c4c3)CC2)NC(=O)NC1=O. The van der Waals surface area contributed by atoms with E-state index in [1.54, 1.807) is 0 Å². The van der Waals surface area contributed by atoms with Crippen LogP contribution in [0.1, 0.15) is 25.3 Å². The van der Waals surface area contributed by atoms with E-state index in [0.29, 0.717) is 0 Å². The molecule has 1 atom stereocenters. The van der Waals surface area contributed by atoms with Crippen LogP contribution in [0.25, 0.3) is 10.9 Å². The van der Waals surface area contributed by atoms with Crippen molar-refractivity contribution in [3.63, 3.8) is 0 Å². The van der Waals surface area contributed by atoms with Gasteiger partial charge in [0.15, 0.2) is 0 Å². The van der Waals surface area contributed by atoms with Crippen LogP contribution in [0.2, 0.25) is 0 Å². The number of nitrogens with zero attached hydrogens (tertiary/aromatic N) is 2. The first-order valence-corrected chi connectivity index (χ1v) is 8.32. The predicted molar refractivity (Wildman–Crippen MR) is 89.2 cm³/mol. The molecule has 2 aromatic rings. The minimum Gasteiger partial charge on any atom is -0.323 e. The molecule has 2 saturated heterocycles. The molecule has 2 aliphatic rings. The summed E-state index contributed by atoms with van der Waals surface area (Å²) < 4.78 is 0. The van der Waals surface area contributed by atoms with Crippen molar-refractivity contribution in [2.24, 2.45) is 5.92 Å². The molecule has 126 valence electrons. The molecule has 3 heterocycles. The third-order valence-electron chi connectivity index (χ3n) is 5.39. The van der Waals surface area contributed by atoms with Gasteiger partial charge in [-0.3, -0.25) is 20.1 Å². The molecule has 0 spiro atoms. The Morgan fingerprint density at radius 3 is 2.79 bits per heavy atom. The normalized spacial score (nSPS) is 25.9. The Kier molecular flexibility index (Phi) is 3.53. The number of fused-ring (bicyclic) bond motifs is 1. The van der Waals surface area contributed by atoms with E-state index in [-0.39, 0.29) is 17.9 Å². The molecule has 0 bridgehead atoms. The number of hydrogen-bond acceptors (Lipinski definition) is 4. The predicted octanol–water partition coefficient (Wildman–Crippen LogP) is 1.37. The Labute approximate surface area is 139 Å². The zero-order valence-electron chi connectivity index (χ0n) is 13.6. The number of rotatable bonds is 3. The molecule has 0 radical (unpaired) electrons. The molecule has 3 amide bonds. The molecule has 24 heavy (non-hydrogen) atoms. The molecule has 0 aliphatic carbocycles. The zero-order chi connectivity index (χ0) is 16.7. The van der Waals surface area contributed by atoms with E-state index in [9.17, 15) is 9.59 Å². The fourth-order valence-corrected chi connectivity index (χ4v) is 3.85. The Balaban J connectivity index is 1.39. The Hall–Kier alpha value is -2.41. The summed E-state index contributed by atoms with van der Waals surface area (Å²) in [5.41, 5.74) is 1.54. The van der Waals surface area contributed by atoms with E-state index in [1.165, 1.54) is 5.56 Å². The van der Waals surface area contributed by atoms with Gasteiger partial charge in [0.2, 0.25) is 0 Å².